The van der Waals surface area contributed by atoms with Crippen molar-refractivity contribution in [2.45, 2.75) is 45.7 Å². The molecule has 146 valence electrons. The second-order valence-electron chi connectivity index (χ2n) is 6.84. The van der Waals surface area contributed by atoms with Crippen LogP contribution in [0.4, 0.5) is 5.00 Å². The molecule has 1 saturated carbocycles. The lowest BCUT2D eigenvalue weighted by Crippen LogP contribution is -2.31. The maximum Gasteiger partial charge on any atom is 0.248 e. The normalized spacial score (nSPS) is 16.2. The molecule has 1 aromatic carbocycles. The molecule has 28 heavy (non-hydrogen) atoms. The van der Waals surface area contributed by atoms with Gasteiger partial charge in [0.05, 0.1) is 10.2 Å². The summed E-state index contributed by atoms with van der Waals surface area (Å²) in [4.78, 5) is 20.8. The van der Waals surface area contributed by atoms with Crippen LogP contribution in [0.5, 0.6) is 0 Å². The number of nitrogens with one attached hydrogen (secondary N) is 1. The van der Waals surface area contributed by atoms with Crippen LogP contribution in [0.1, 0.15) is 37.1 Å². The Balaban J connectivity index is 0.000000932. The van der Waals surface area contributed by atoms with Crippen LogP contribution in [0.2, 0.25) is 0 Å². The number of hydrogen-bond donors (Lipinski definition) is 1. The highest BCUT2D eigenvalue weighted by Crippen LogP contribution is 2.46. The van der Waals surface area contributed by atoms with Gasteiger partial charge in [0.2, 0.25) is 5.91 Å². The van der Waals surface area contributed by atoms with Gasteiger partial charge in [-0.1, -0.05) is 32.6 Å². The summed E-state index contributed by atoms with van der Waals surface area (Å²) in [6, 6.07) is 8.98. The van der Waals surface area contributed by atoms with Crippen molar-refractivity contribution in [1.29, 1.82) is 0 Å². The van der Waals surface area contributed by atoms with E-state index in [1.807, 2.05) is 32.0 Å². The van der Waals surface area contributed by atoms with Gasteiger partial charge in [0.25, 0.3) is 0 Å². The Kier molecular flexibility index (Phi) is 5.62. The first kappa shape index (κ1) is 19.3. The molecule has 5 rings (SSSR count). The fraction of sp³-hybridized carbons (Fsp3) is 0.364. The summed E-state index contributed by atoms with van der Waals surface area (Å²) in [6.45, 7) is 9.68. The first-order valence-electron chi connectivity index (χ1n) is 9.91. The molecule has 0 bridgehead atoms. The number of thiophene rings is 1. The molecular weight excluding hydrogens is 386 g/mol. The molecule has 3 heterocycles. The van der Waals surface area contributed by atoms with E-state index >= 15 is 0 Å². The fourth-order valence-corrected chi connectivity index (χ4v) is 6.02. The van der Waals surface area contributed by atoms with Gasteiger partial charge in [0.1, 0.15) is 10.0 Å². The minimum Gasteiger partial charge on any atom is -0.314 e. The predicted molar refractivity (Wildman–Crippen MR) is 120 cm³/mol. The molecule has 1 aliphatic carbocycles. The third-order valence-electron chi connectivity index (χ3n) is 5.08. The molecule has 1 fully saturated rings. The highest BCUT2D eigenvalue weighted by atomic mass is 32.1. The lowest BCUT2D eigenvalue weighted by molar-refractivity contribution is -0.111. The fourth-order valence-electron chi connectivity index (χ4n) is 3.63. The standard InChI is InChI=1S/C20H19N3OS2.C2H6/c1-2-17(24)22-20-18(19-21-14-5-3-4-6-15(14)25-19)13-9-10-23(12-7-8-12)11-16(13)26-20;1-2/h2-6,12H,1,7-11H2,(H,22,24);1-2H3. The molecule has 0 radical (unpaired) electrons. The second-order valence-corrected chi connectivity index (χ2v) is 8.98. The minimum atomic E-state index is -0.162. The van der Waals surface area contributed by atoms with Gasteiger partial charge in [0.15, 0.2) is 0 Å². The molecule has 0 atom stereocenters. The van der Waals surface area contributed by atoms with Gasteiger partial charge in [-0.2, -0.15) is 0 Å². The first-order chi connectivity index (χ1) is 13.7. The number of nitrogens with zero attached hydrogens (tertiary/aromatic N) is 2. The molecule has 1 aliphatic heterocycles. The number of anilines is 1. The van der Waals surface area contributed by atoms with Crippen molar-refractivity contribution in [3.05, 3.63) is 47.4 Å². The molecule has 0 spiro atoms. The summed E-state index contributed by atoms with van der Waals surface area (Å²) in [6.07, 6.45) is 5.01. The van der Waals surface area contributed by atoms with Crippen molar-refractivity contribution in [3.63, 3.8) is 0 Å². The van der Waals surface area contributed by atoms with E-state index in [1.54, 1.807) is 22.7 Å². The quantitative estimate of drug-likeness (QED) is 0.561. The predicted octanol–water partition coefficient (Wildman–Crippen LogP) is 5.70. The molecule has 0 unspecified atom stereocenters. The zero-order chi connectivity index (χ0) is 19.7. The van der Waals surface area contributed by atoms with Gasteiger partial charge in [-0.25, -0.2) is 4.98 Å². The Hall–Kier alpha value is -2.02. The number of aromatic nitrogens is 1. The summed E-state index contributed by atoms with van der Waals surface area (Å²) in [7, 11) is 0. The van der Waals surface area contributed by atoms with Crippen LogP contribution < -0.4 is 5.32 Å². The lowest BCUT2D eigenvalue weighted by Gasteiger charge is -2.26. The smallest absolute Gasteiger partial charge is 0.248 e. The Morgan fingerprint density at radius 1 is 1.29 bits per heavy atom. The van der Waals surface area contributed by atoms with Gasteiger partial charge in [-0.3, -0.25) is 9.69 Å². The number of para-hydroxylation sites is 1. The minimum absolute atomic E-state index is 0.162. The van der Waals surface area contributed by atoms with Crippen molar-refractivity contribution in [3.8, 4) is 10.6 Å². The Labute approximate surface area is 173 Å². The van der Waals surface area contributed by atoms with Crippen LogP contribution in [0.15, 0.2) is 36.9 Å². The van der Waals surface area contributed by atoms with Gasteiger partial charge < -0.3 is 5.32 Å². The number of benzene rings is 1. The molecular formula is C22H25N3OS2. The van der Waals surface area contributed by atoms with Crippen LogP contribution in [-0.2, 0) is 17.8 Å². The van der Waals surface area contributed by atoms with E-state index < -0.39 is 0 Å². The molecule has 4 nitrogen and oxygen atoms in total. The molecule has 3 aromatic rings. The van der Waals surface area contributed by atoms with E-state index in [-0.39, 0.29) is 5.91 Å². The van der Waals surface area contributed by atoms with Crippen LogP contribution >= 0.6 is 22.7 Å². The number of carbonyl (C=O) groups is 1. The SMILES string of the molecule is C=CC(=O)Nc1sc2c(c1-c1nc3ccccc3s1)CCN(C1CC1)C2.CC. The number of thiazole rings is 1. The summed E-state index contributed by atoms with van der Waals surface area (Å²) < 4.78 is 1.18. The van der Waals surface area contributed by atoms with Crippen LogP contribution in [-0.4, -0.2) is 28.4 Å². The van der Waals surface area contributed by atoms with Crippen LogP contribution in [0.3, 0.4) is 0 Å². The molecule has 2 aliphatic rings. The Morgan fingerprint density at radius 2 is 2.07 bits per heavy atom. The first-order valence-corrected chi connectivity index (χ1v) is 11.5. The number of fused-ring (bicyclic) bond motifs is 2. The Bertz CT molecular complexity index is 983. The van der Waals surface area contributed by atoms with Gasteiger partial charge >= 0.3 is 0 Å². The number of amides is 1. The molecule has 6 heteroatoms. The monoisotopic (exact) mass is 411 g/mol. The van der Waals surface area contributed by atoms with Crippen molar-refractivity contribution < 1.29 is 4.79 Å². The maximum atomic E-state index is 12.0. The molecule has 1 N–H and O–H groups in total. The molecule has 1 amide bonds. The summed E-state index contributed by atoms with van der Waals surface area (Å²) in [5.74, 6) is -0.162. The van der Waals surface area contributed by atoms with Gasteiger partial charge in [-0.15, -0.1) is 22.7 Å². The molecule has 2 aromatic heterocycles. The van der Waals surface area contributed by atoms with E-state index in [4.69, 9.17) is 4.98 Å². The summed E-state index contributed by atoms with van der Waals surface area (Å²) in [5.41, 5.74) is 3.51. The van der Waals surface area contributed by atoms with E-state index in [0.717, 1.165) is 46.6 Å². The Morgan fingerprint density at radius 3 is 2.79 bits per heavy atom. The third kappa shape index (κ3) is 3.64. The number of carbonyl (C=O) groups excluding carboxylic acids is 1. The summed E-state index contributed by atoms with van der Waals surface area (Å²) in [5, 5.41) is 4.95. The largest absolute Gasteiger partial charge is 0.314 e. The van der Waals surface area contributed by atoms with Gasteiger partial charge in [-0.05, 0) is 43.0 Å². The van der Waals surface area contributed by atoms with Crippen LogP contribution in [0, 0.1) is 0 Å². The van der Waals surface area contributed by atoms with E-state index in [2.05, 4.69) is 22.9 Å². The van der Waals surface area contributed by atoms with Crippen molar-refractivity contribution in [2.75, 3.05) is 11.9 Å². The highest BCUT2D eigenvalue weighted by molar-refractivity contribution is 7.22. The topological polar surface area (TPSA) is 45.2 Å². The average Bonchev–Trinajstić information content (AvgIpc) is 3.40. The van der Waals surface area contributed by atoms with Gasteiger partial charge in [0, 0.05) is 29.6 Å². The maximum absolute atomic E-state index is 12.0. The zero-order valence-electron chi connectivity index (χ0n) is 16.3. The highest BCUT2D eigenvalue weighted by Gasteiger charge is 2.34. The second kappa shape index (κ2) is 8.15. The van der Waals surface area contributed by atoms with E-state index in [9.17, 15) is 4.79 Å². The van der Waals surface area contributed by atoms with E-state index in [1.165, 1.54) is 34.1 Å². The summed E-state index contributed by atoms with van der Waals surface area (Å²) >= 11 is 3.41. The zero-order valence-corrected chi connectivity index (χ0v) is 18.0. The van der Waals surface area contributed by atoms with E-state index in [0.29, 0.717) is 0 Å². The van der Waals surface area contributed by atoms with Crippen molar-refractivity contribution in [1.82, 2.24) is 9.88 Å². The van der Waals surface area contributed by atoms with Crippen molar-refractivity contribution in [2.24, 2.45) is 0 Å². The lowest BCUT2D eigenvalue weighted by atomic mass is 10.0. The molecule has 0 saturated heterocycles. The third-order valence-corrected chi connectivity index (χ3v) is 7.27. The van der Waals surface area contributed by atoms with Crippen LogP contribution in [0.25, 0.3) is 20.8 Å². The van der Waals surface area contributed by atoms with Crippen molar-refractivity contribution >= 4 is 43.8 Å². The number of rotatable bonds is 4. The number of hydrogen-bond acceptors (Lipinski definition) is 5. The average molecular weight is 412 g/mol.